The number of nitrogens with one attached hydrogen (secondary N) is 1. The minimum atomic E-state index is -4.22. The van der Waals surface area contributed by atoms with Crippen LogP contribution < -0.4 is 10.5 Å². The second kappa shape index (κ2) is 6.30. The van der Waals surface area contributed by atoms with Crippen LogP contribution in [-0.4, -0.2) is 31.0 Å². The molecule has 0 aromatic heterocycles. The van der Waals surface area contributed by atoms with Crippen molar-refractivity contribution in [3.63, 3.8) is 0 Å². The molecule has 0 aliphatic rings. The molecule has 1 aromatic rings. The van der Waals surface area contributed by atoms with Gasteiger partial charge in [-0.1, -0.05) is 6.07 Å². The molecule has 9 nitrogen and oxygen atoms in total. The molecule has 1 rings (SSSR count). The average Bonchev–Trinajstić information content (AvgIpc) is 2.32. The lowest BCUT2D eigenvalue weighted by atomic mass is 10.2. The van der Waals surface area contributed by atoms with E-state index in [0.717, 1.165) is 6.07 Å². The summed E-state index contributed by atoms with van der Waals surface area (Å²) in [5.74, 6) is -0.986. The third-order valence-electron chi connectivity index (χ3n) is 2.37. The molecule has 0 saturated heterocycles. The summed E-state index contributed by atoms with van der Waals surface area (Å²) < 4.78 is 22.6. The first-order valence-electron chi connectivity index (χ1n) is 5.49. The number of nitrogens with zero attached hydrogens (tertiary/aromatic N) is 1. The molecule has 0 fully saturated rings. The Morgan fingerprint density at radius 1 is 1.45 bits per heavy atom. The topological polar surface area (TPSA) is 153 Å². The SMILES string of the molecule is NS(=O)(=O)c1cccc(NCCCC(=O)O)c1[N+](=O)[O-]. The van der Waals surface area contributed by atoms with Gasteiger partial charge in [0.05, 0.1) is 4.92 Å². The molecule has 1 aromatic carbocycles. The van der Waals surface area contributed by atoms with Crippen LogP contribution in [0.3, 0.4) is 0 Å². The molecule has 0 unspecified atom stereocenters. The van der Waals surface area contributed by atoms with Gasteiger partial charge in [-0.25, -0.2) is 13.6 Å². The first-order valence-corrected chi connectivity index (χ1v) is 7.04. The van der Waals surface area contributed by atoms with Gasteiger partial charge >= 0.3 is 11.7 Å². The third-order valence-corrected chi connectivity index (χ3v) is 3.31. The summed E-state index contributed by atoms with van der Waals surface area (Å²) in [6.45, 7) is 0.154. The van der Waals surface area contributed by atoms with E-state index in [4.69, 9.17) is 10.2 Å². The Kier molecular flexibility index (Phi) is 5.00. The fourth-order valence-electron chi connectivity index (χ4n) is 1.55. The molecule has 0 atom stereocenters. The van der Waals surface area contributed by atoms with E-state index in [1.807, 2.05) is 0 Å². The van der Waals surface area contributed by atoms with Gasteiger partial charge in [-0.15, -0.1) is 0 Å². The van der Waals surface area contributed by atoms with Crippen LogP contribution in [0.4, 0.5) is 11.4 Å². The zero-order valence-corrected chi connectivity index (χ0v) is 11.1. The van der Waals surface area contributed by atoms with E-state index in [1.54, 1.807) is 0 Å². The summed E-state index contributed by atoms with van der Waals surface area (Å²) in [7, 11) is -4.22. The van der Waals surface area contributed by atoms with Gasteiger partial charge in [-0.2, -0.15) is 0 Å². The number of hydrogen-bond donors (Lipinski definition) is 3. The van der Waals surface area contributed by atoms with Crippen LogP contribution in [0.1, 0.15) is 12.8 Å². The maximum atomic E-state index is 11.3. The third kappa shape index (κ3) is 4.17. The van der Waals surface area contributed by atoms with Crippen molar-refractivity contribution < 1.29 is 23.2 Å². The molecule has 0 heterocycles. The Morgan fingerprint density at radius 3 is 2.60 bits per heavy atom. The summed E-state index contributed by atoms with van der Waals surface area (Å²) >= 11 is 0. The van der Waals surface area contributed by atoms with Crippen LogP contribution in [-0.2, 0) is 14.8 Å². The van der Waals surface area contributed by atoms with Crippen LogP contribution >= 0.6 is 0 Å². The lowest BCUT2D eigenvalue weighted by Crippen LogP contribution is -2.15. The minimum Gasteiger partial charge on any atom is -0.481 e. The fraction of sp³-hybridized carbons (Fsp3) is 0.300. The molecule has 10 heteroatoms. The number of aliphatic carboxylic acids is 1. The van der Waals surface area contributed by atoms with E-state index in [9.17, 15) is 23.3 Å². The molecular formula is C10H13N3O6S. The molecule has 0 radical (unpaired) electrons. The van der Waals surface area contributed by atoms with Crippen LogP contribution in [0.2, 0.25) is 0 Å². The number of sulfonamides is 1. The Hall–Kier alpha value is -2.20. The summed E-state index contributed by atoms with van der Waals surface area (Å²) in [6.07, 6.45) is 0.141. The number of carboxylic acids is 1. The van der Waals surface area contributed by atoms with Crippen molar-refractivity contribution in [2.24, 2.45) is 5.14 Å². The zero-order chi connectivity index (χ0) is 15.3. The second-order valence-corrected chi connectivity index (χ2v) is 5.41. The molecule has 0 aliphatic carbocycles. The van der Waals surface area contributed by atoms with E-state index >= 15 is 0 Å². The highest BCUT2D eigenvalue weighted by Gasteiger charge is 2.26. The van der Waals surface area contributed by atoms with Crippen molar-refractivity contribution in [2.45, 2.75) is 17.7 Å². The van der Waals surface area contributed by atoms with Crippen LogP contribution in [0, 0.1) is 10.1 Å². The maximum Gasteiger partial charge on any atom is 0.312 e. The molecule has 0 amide bonds. The number of para-hydroxylation sites is 1. The molecule has 0 bridgehead atoms. The fourth-order valence-corrected chi connectivity index (χ4v) is 2.27. The van der Waals surface area contributed by atoms with Gasteiger partial charge in [-0.05, 0) is 18.6 Å². The number of nitro groups is 1. The maximum absolute atomic E-state index is 11.3. The lowest BCUT2D eigenvalue weighted by Gasteiger charge is -2.08. The van der Waals surface area contributed by atoms with Gasteiger partial charge in [0, 0.05) is 13.0 Å². The van der Waals surface area contributed by atoms with Crippen molar-refractivity contribution >= 4 is 27.4 Å². The predicted octanol–water partition coefficient (Wildman–Crippen LogP) is 0.519. The molecule has 20 heavy (non-hydrogen) atoms. The monoisotopic (exact) mass is 303 g/mol. The largest absolute Gasteiger partial charge is 0.481 e. The lowest BCUT2D eigenvalue weighted by molar-refractivity contribution is -0.386. The summed E-state index contributed by atoms with van der Waals surface area (Å²) in [4.78, 5) is 19.9. The van der Waals surface area contributed by atoms with Crippen molar-refractivity contribution in [2.75, 3.05) is 11.9 Å². The van der Waals surface area contributed by atoms with Crippen molar-refractivity contribution in [3.8, 4) is 0 Å². The number of benzene rings is 1. The van der Waals surface area contributed by atoms with Crippen molar-refractivity contribution in [1.29, 1.82) is 0 Å². The number of primary sulfonamides is 1. The minimum absolute atomic E-state index is 0.0214. The normalized spacial score (nSPS) is 11.1. The van der Waals surface area contributed by atoms with Gasteiger partial charge in [0.2, 0.25) is 10.0 Å². The Labute approximate surface area is 114 Å². The quantitative estimate of drug-likeness (QED) is 0.377. The highest BCUT2D eigenvalue weighted by Crippen LogP contribution is 2.31. The summed E-state index contributed by atoms with van der Waals surface area (Å²) in [5.41, 5.74) is -0.669. The summed E-state index contributed by atoms with van der Waals surface area (Å²) in [6, 6.07) is 3.68. The van der Waals surface area contributed by atoms with Gasteiger partial charge < -0.3 is 10.4 Å². The molecule has 0 saturated carbocycles. The van der Waals surface area contributed by atoms with Gasteiger partial charge in [0.25, 0.3) is 0 Å². The van der Waals surface area contributed by atoms with E-state index < -0.39 is 31.5 Å². The highest BCUT2D eigenvalue weighted by molar-refractivity contribution is 7.89. The van der Waals surface area contributed by atoms with Gasteiger partial charge in [0.15, 0.2) is 4.90 Å². The first-order chi connectivity index (χ1) is 9.23. The van der Waals surface area contributed by atoms with Gasteiger partial charge in [0.1, 0.15) is 5.69 Å². The first kappa shape index (κ1) is 15.9. The van der Waals surface area contributed by atoms with Gasteiger partial charge in [-0.3, -0.25) is 14.9 Å². The molecule has 0 spiro atoms. The number of nitrogens with two attached hydrogens (primary N) is 1. The standard InChI is InChI=1S/C10H13N3O6S/c11-20(18,19)8-4-1-3-7(10(8)13(16)17)12-6-2-5-9(14)15/h1,3-4,12H,2,5-6H2,(H,14,15)(H2,11,18,19). The summed E-state index contributed by atoms with van der Waals surface area (Å²) in [5, 5.41) is 27.0. The van der Waals surface area contributed by atoms with Crippen LogP contribution in [0.5, 0.6) is 0 Å². The van der Waals surface area contributed by atoms with E-state index in [0.29, 0.717) is 0 Å². The van der Waals surface area contributed by atoms with Crippen LogP contribution in [0.15, 0.2) is 23.1 Å². The zero-order valence-electron chi connectivity index (χ0n) is 10.3. The number of hydrogen-bond acceptors (Lipinski definition) is 6. The highest BCUT2D eigenvalue weighted by atomic mass is 32.2. The molecule has 4 N–H and O–H groups in total. The Balaban J connectivity index is 3.02. The average molecular weight is 303 g/mol. The smallest absolute Gasteiger partial charge is 0.312 e. The van der Waals surface area contributed by atoms with Crippen molar-refractivity contribution in [1.82, 2.24) is 0 Å². The number of carboxylic acid groups (broad SMARTS) is 1. The number of rotatable bonds is 7. The number of nitro benzene ring substituents is 1. The van der Waals surface area contributed by atoms with Crippen LogP contribution in [0.25, 0.3) is 0 Å². The molecular weight excluding hydrogens is 290 g/mol. The predicted molar refractivity (Wildman–Crippen MR) is 69.8 cm³/mol. The van der Waals surface area contributed by atoms with Crippen molar-refractivity contribution in [3.05, 3.63) is 28.3 Å². The second-order valence-electron chi connectivity index (χ2n) is 3.88. The van der Waals surface area contributed by atoms with E-state index in [1.165, 1.54) is 12.1 Å². The molecule has 0 aliphatic heterocycles. The van der Waals surface area contributed by atoms with E-state index in [-0.39, 0.29) is 25.1 Å². The Morgan fingerprint density at radius 2 is 2.10 bits per heavy atom. The van der Waals surface area contributed by atoms with E-state index in [2.05, 4.69) is 5.32 Å². The molecule has 110 valence electrons. The number of carbonyl (C=O) groups is 1. The number of anilines is 1. The Bertz CT molecular complexity index is 628.